The topological polar surface area (TPSA) is 58.2 Å². The molecule has 4 nitrogen and oxygen atoms in total. The first kappa shape index (κ1) is 18.3. The summed E-state index contributed by atoms with van der Waals surface area (Å²) in [5.74, 6) is -0.476. The molecule has 6 heteroatoms. The number of rotatable bonds is 5. The highest BCUT2D eigenvalue weighted by Gasteiger charge is 2.10. The van der Waals surface area contributed by atoms with E-state index in [0.29, 0.717) is 11.4 Å². The molecule has 0 radical (unpaired) electrons. The van der Waals surface area contributed by atoms with Crippen LogP contribution in [-0.4, -0.2) is 22.6 Å². The number of halogens is 2. The lowest BCUT2D eigenvalue weighted by Crippen LogP contribution is -2.20. The Morgan fingerprint density at radius 1 is 0.708 bits per heavy atom. The molecule has 0 unspecified atom stereocenters. The number of carbonyl (C=O) groups excluding carboxylic acids is 2. The molecule has 2 aromatic rings. The molecule has 0 aliphatic heterocycles. The Labute approximate surface area is 151 Å². The number of benzene rings is 2. The van der Waals surface area contributed by atoms with E-state index in [1.54, 1.807) is 13.8 Å². The Hall–Kier alpha value is -2.04. The third-order valence-electron chi connectivity index (χ3n) is 3.36. The monoisotopic (exact) mass is 364 g/mol. The van der Waals surface area contributed by atoms with E-state index in [4.69, 9.17) is 23.2 Å². The second kappa shape index (κ2) is 8.18. The largest absolute Gasteiger partial charge is 0.325 e. The molecule has 0 saturated heterocycles. The second-order valence-electron chi connectivity index (χ2n) is 5.37. The number of amides is 2. The van der Waals surface area contributed by atoms with Crippen LogP contribution in [0.5, 0.6) is 0 Å². The first-order valence-electron chi connectivity index (χ1n) is 7.47. The summed E-state index contributed by atoms with van der Waals surface area (Å²) in [6.07, 6.45) is 0. The Bertz CT molecular complexity index is 647. The molecule has 2 N–H and O–H groups in total. The first-order chi connectivity index (χ1) is 11.4. The van der Waals surface area contributed by atoms with Crippen LogP contribution in [0.1, 0.15) is 13.8 Å². The number of hydrogen-bond donors (Lipinski definition) is 2. The molecule has 0 bridgehead atoms. The van der Waals surface area contributed by atoms with Crippen LogP contribution in [0.3, 0.4) is 0 Å². The second-order valence-corrected chi connectivity index (χ2v) is 6.67. The smallest absolute Gasteiger partial charge is 0.242 e. The van der Waals surface area contributed by atoms with Gasteiger partial charge >= 0.3 is 0 Å². The van der Waals surface area contributed by atoms with Gasteiger partial charge in [-0.1, -0.05) is 24.3 Å². The molecule has 2 atom stereocenters. The summed E-state index contributed by atoms with van der Waals surface area (Å²) in [5.41, 5.74) is 3.37. The number of carbonyl (C=O) groups is 2. The maximum Gasteiger partial charge on any atom is 0.242 e. The minimum atomic E-state index is -0.580. The zero-order valence-electron chi connectivity index (χ0n) is 13.3. The molecule has 0 aliphatic carbocycles. The predicted molar refractivity (Wildman–Crippen MR) is 99.8 cm³/mol. The fourth-order valence-corrected chi connectivity index (χ4v) is 2.08. The van der Waals surface area contributed by atoms with Crippen molar-refractivity contribution in [2.45, 2.75) is 24.6 Å². The molecule has 2 rings (SSSR count). The summed E-state index contributed by atoms with van der Waals surface area (Å²) in [6, 6.07) is 14.9. The van der Waals surface area contributed by atoms with Gasteiger partial charge in [0.05, 0.1) is 0 Å². The Kier molecular flexibility index (Phi) is 6.23. The summed E-state index contributed by atoms with van der Waals surface area (Å²) in [6.45, 7) is 3.24. The maximum atomic E-state index is 11.6. The molecule has 2 aromatic carbocycles. The van der Waals surface area contributed by atoms with Crippen LogP contribution in [0.25, 0.3) is 11.1 Å². The molecular weight excluding hydrogens is 347 g/mol. The number of hydrogen-bond acceptors (Lipinski definition) is 2. The van der Waals surface area contributed by atoms with Gasteiger partial charge in [0.1, 0.15) is 10.8 Å². The van der Waals surface area contributed by atoms with Crippen molar-refractivity contribution in [3.05, 3.63) is 48.5 Å². The molecular formula is C18H18Cl2N2O2. The van der Waals surface area contributed by atoms with Gasteiger partial charge in [-0.2, -0.15) is 0 Å². The number of alkyl halides is 2. The van der Waals surface area contributed by atoms with Crippen molar-refractivity contribution in [2.75, 3.05) is 10.6 Å². The highest BCUT2D eigenvalue weighted by Crippen LogP contribution is 2.23. The quantitative estimate of drug-likeness (QED) is 0.768. The summed E-state index contributed by atoms with van der Waals surface area (Å²) in [5, 5.41) is 4.30. The molecule has 0 fully saturated rings. The zero-order valence-corrected chi connectivity index (χ0v) is 14.9. The van der Waals surface area contributed by atoms with Crippen LogP contribution in [0.15, 0.2) is 48.5 Å². The molecule has 126 valence electrons. The fourth-order valence-electron chi connectivity index (χ4n) is 1.98. The van der Waals surface area contributed by atoms with Crippen molar-refractivity contribution in [2.24, 2.45) is 0 Å². The minimum Gasteiger partial charge on any atom is -0.325 e. The minimum absolute atomic E-state index is 0.238. The van der Waals surface area contributed by atoms with E-state index >= 15 is 0 Å². The Morgan fingerprint density at radius 2 is 1.00 bits per heavy atom. The summed E-state index contributed by atoms with van der Waals surface area (Å²) < 4.78 is 0. The zero-order chi connectivity index (χ0) is 17.7. The van der Waals surface area contributed by atoms with Crippen molar-refractivity contribution in [3.8, 4) is 11.1 Å². The molecule has 0 aromatic heterocycles. The first-order valence-corrected chi connectivity index (χ1v) is 8.34. The van der Waals surface area contributed by atoms with E-state index in [1.165, 1.54) is 0 Å². The number of nitrogens with one attached hydrogen (secondary N) is 2. The molecule has 0 heterocycles. The van der Waals surface area contributed by atoms with Crippen LogP contribution in [0, 0.1) is 0 Å². The highest BCUT2D eigenvalue weighted by atomic mass is 35.5. The van der Waals surface area contributed by atoms with Crippen LogP contribution in [0.4, 0.5) is 11.4 Å². The van der Waals surface area contributed by atoms with Crippen LogP contribution in [-0.2, 0) is 9.59 Å². The summed E-state index contributed by atoms with van der Waals surface area (Å²) in [4.78, 5) is 23.1. The van der Waals surface area contributed by atoms with Gasteiger partial charge in [-0.3, -0.25) is 9.59 Å². The SMILES string of the molecule is C[C@H](Cl)C(=O)Nc1ccc(-c2ccc(NC(=O)[C@@H](C)Cl)cc2)cc1. The van der Waals surface area contributed by atoms with Gasteiger partial charge in [0.2, 0.25) is 11.8 Å². The van der Waals surface area contributed by atoms with E-state index in [1.807, 2.05) is 48.5 Å². The van der Waals surface area contributed by atoms with E-state index in [0.717, 1.165) is 11.1 Å². The average Bonchev–Trinajstić information content (AvgIpc) is 2.56. The van der Waals surface area contributed by atoms with Crippen LogP contribution in [0.2, 0.25) is 0 Å². The van der Waals surface area contributed by atoms with Gasteiger partial charge in [-0.05, 0) is 49.2 Å². The van der Waals surface area contributed by atoms with Crippen molar-refractivity contribution < 1.29 is 9.59 Å². The van der Waals surface area contributed by atoms with E-state index in [9.17, 15) is 9.59 Å². The lowest BCUT2D eigenvalue weighted by atomic mass is 10.0. The number of anilines is 2. The van der Waals surface area contributed by atoms with Gasteiger partial charge in [0.15, 0.2) is 0 Å². The summed E-state index contributed by atoms with van der Waals surface area (Å²) in [7, 11) is 0. The van der Waals surface area contributed by atoms with Crippen molar-refractivity contribution >= 4 is 46.4 Å². The fraction of sp³-hybridized carbons (Fsp3) is 0.222. The van der Waals surface area contributed by atoms with E-state index in [-0.39, 0.29) is 11.8 Å². The molecule has 0 spiro atoms. The van der Waals surface area contributed by atoms with Crippen molar-refractivity contribution in [1.82, 2.24) is 0 Å². The Morgan fingerprint density at radius 3 is 1.25 bits per heavy atom. The van der Waals surface area contributed by atoms with Gasteiger partial charge in [0, 0.05) is 11.4 Å². The molecule has 0 aliphatic rings. The molecule has 2 amide bonds. The molecule has 0 saturated carbocycles. The predicted octanol–water partition coefficient (Wildman–Crippen LogP) is 4.49. The maximum absolute atomic E-state index is 11.6. The average molecular weight is 365 g/mol. The normalized spacial score (nSPS) is 13.0. The lowest BCUT2D eigenvalue weighted by Gasteiger charge is -2.09. The van der Waals surface area contributed by atoms with Gasteiger partial charge < -0.3 is 10.6 Å². The Balaban J connectivity index is 2.06. The van der Waals surface area contributed by atoms with Crippen LogP contribution >= 0.6 is 23.2 Å². The van der Waals surface area contributed by atoms with Gasteiger partial charge in [-0.25, -0.2) is 0 Å². The molecule has 24 heavy (non-hydrogen) atoms. The third kappa shape index (κ3) is 4.98. The van der Waals surface area contributed by atoms with Crippen LogP contribution < -0.4 is 10.6 Å². The standard InChI is InChI=1S/C18H18Cl2N2O2/c1-11(19)17(23)21-15-7-3-13(4-8-15)14-5-9-16(10-6-14)22-18(24)12(2)20/h3-12H,1-2H3,(H,21,23)(H,22,24)/t11-,12+. The third-order valence-corrected chi connectivity index (χ3v) is 3.76. The highest BCUT2D eigenvalue weighted by molar-refractivity contribution is 6.32. The van der Waals surface area contributed by atoms with Crippen molar-refractivity contribution in [1.29, 1.82) is 0 Å². The van der Waals surface area contributed by atoms with E-state index in [2.05, 4.69) is 10.6 Å². The van der Waals surface area contributed by atoms with E-state index < -0.39 is 10.8 Å². The van der Waals surface area contributed by atoms with Gasteiger partial charge in [0.25, 0.3) is 0 Å². The summed E-state index contributed by atoms with van der Waals surface area (Å²) >= 11 is 11.5. The lowest BCUT2D eigenvalue weighted by molar-refractivity contribution is -0.116. The van der Waals surface area contributed by atoms with Crippen molar-refractivity contribution in [3.63, 3.8) is 0 Å². The van der Waals surface area contributed by atoms with Gasteiger partial charge in [-0.15, -0.1) is 23.2 Å².